The zero-order chi connectivity index (χ0) is 11.4. The maximum Gasteiger partial charge on any atom is 0.366 e. The quantitative estimate of drug-likeness (QED) is 0.570. The Bertz CT molecular complexity index is 175. The van der Waals surface area contributed by atoms with Crippen LogP contribution in [-0.2, 0) is 8.61 Å². The largest absolute Gasteiger partial charge is 0.409 e. The van der Waals surface area contributed by atoms with Crippen LogP contribution in [0.3, 0.4) is 0 Å². The molecule has 0 aliphatic rings. The van der Waals surface area contributed by atoms with Crippen molar-refractivity contribution in [3.05, 3.63) is 0 Å². The second-order valence-corrected chi connectivity index (χ2v) is 8.73. The molecule has 0 aliphatic heterocycles. The van der Waals surface area contributed by atoms with Crippen molar-refractivity contribution in [2.24, 2.45) is 0 Å². The van der Waals surface area contributed by atoms with Gasteiger partial charge in [0.1, 0.15) is 5.22 Å². The van der Waals surface area contributed by atoms with E-state index in [9.17, 15) is 4.80 Å². The molecule has 0 aliphatic carbocycles. The molecule has 0 rings (SSSR count). The molecule has 2 unspecified atom stereocenters. The highest BCUT2D eigenvalue weighted by Gasteiger charge is 2.48. The lowest BCUT2D eigenvalue weighted by Gasteiger charge is -2.37. The lowest BCUT2D eigenvalue weighted by Crippen LogP contribution is -2.57. The van der Waals surface area contributed by atoms with E-state index in [0.717, 1.165) is 6.42 Å². The zero-order valence-corrected chi connectivity index (χ0v) is 11.8. The van der Waals surface area contributed by atoms with Crippen LogP contribution in [0.2, 0.25) is 6.55 Å². The van der Waals surface area contributed by atoms with Crippen molar-refractivity contribution < 1.29 is 13.4 Å². The molecule has 0 bridgehead atoms. The Morgan fingerprint density at radius 2 is 2.00 bits per heavy atom. The van der Waals surface area contributed by atoms with Gasteiger partial charge < -0.3 is 13.4 Å². The molecule has 0 aromatic rings. The molecule has 2 atom stereocenters. The second-order valence-electron chi connectivity index (χ2n) is 4.00. The van der Waals surface area contributed by atoms with E-state index in [1.165, 1.54) is 12.0 Å². The zero-order valence-electron chi connectivity index (χ0n) is 9.96. The van der Waals surface area contributed by atoms with Gasteiger partial charge in [0.25, 0.3) is 0 Å². The third-order valence-electron chi connectivity index (χ3n) is 2.48. The van der Waals surface area contributed by atoms with Crippen LogP contribution >= 0.6 is 12.0 Å². The van der Waals surface area contributed by atoms with Gasteiger partial charge in [0.2, 0.25) is 0 Å². The van der Waals surface area contributed by atoms with Crippen LogP contribution in [0.15, 0.2) is 0 Å². The molecule has 0 fully saturated rings. The normalized spacial score (nSPS) is 20.6. The predicted molar refractivity (Wildman–Crippen MR) is 63.4 cm³/mol. The highest BCUT2D eigenvalue weighted by Crippen LogP contribution is 2.32. The standard InChI is InChI=1S/C9H22O3SSi/c1-7-9(4,12-13-8(2)3)14(6,10)11-5/h8,10H,7H2,1-6H3. The van der Waals surface area contributed by atoms with E-state index in [4.69, 9.17) is 8.61 Å². The second kappa shape index (κ2) is 5.51. The van der Waals surface area contributed by atoms with Gasteiger partial charge in [-0.05, 0) is 31.9 Å². The molecule has 0 radical (unpaired) electrons. The minimum atomic E-state index is -2.74. The molecule has 0 heterocycles. The third-order valence-corrected chi connectivity index (χ3v) is 6.69. The lowest BCUT2D eigenvalue weighted by molar-refractivity contribution is 0.119. The summed E-state index contributed by atoms with van der Waals surface area (Å²) in [7, 11) is -1.20. The molecule has 0 amide bonds. The molecule has 0 saturated heterocycles. The van der Waals surface area contributed by atoms with Gasteiger partial charge in [0.15, 0.2) is 0 Å². The summed E-state index contributed by atoms with van der Waals surface area (Å²) in [5.74, 6) is 0. The van der Waals surface area contributed by atoms with Crippen molar-refractivity contribution in [1.29, 1.82) is 0 Å². The van der Waals surface area contributed by atoms with Gasteiger partial charge in [-0.25, -0.2) is 0 Å². The smallest absolute Gasteiger partial charge is 0.366 e. The van der Waals surface area contributed by atoms with Gasteiger partial charge >= 0.3 is 8.56 Å². The topological polar surface area (TPSA) is 38.7 Å². The van der Waals surface area contributed by atoms with Gasteiger partial charge in [-0.2, -0.15) is 0 Å². The van der Waals surface area contributed by atoms with Crippen LogP contribution in [0.4, 0.5) is 0 Å². The summed E-state index contributed by atoms with van der Waals surface area (Å²) in [4.78, 5) is 10.1. The maximum absolute atomic E-state index is 10.1. The van der Waals surface area contributed by atoms with Crippen LogP contribution in [0, 0.1) is 0 Å². The van der Waals surface area contributed by atoms with E-state index < -0.39 is 13.8 Å². The highest BCUT2D eigenvalue weighted by molar-refractivity contribution is 7.95. The first-order valence-electron chi connectivity index (χ1n) is 4.91. The molecular weight excluding hydrogens is 216 g/mol. The van der Waals surface area contributed by atoms with Gasteiger partial charge in [-0.3, -0.25) is 0 Å². The van der Waals surface area contributed by atoms with Gasteiger partial charge in [-0.15, -0.1) is 0 Å². The summed E-state index contributed by atoms with van der Waals surface area (Å²) < 4.78 is 10.9. The summed E-state index contributed by atoms with van der Waals surface area (Å²) >= 11 is 1.40. The van der Waals surface area contributed by atoms with Crippen LogP contribution in [0.5, 0.6) is 0 Å². The van der Waals surface area contributed by atoms with Crippen molar-refractivity contribution in [3.8, 4) is 0 Å². The SMILES string of the molecule is CCC(C)(OSC(C)C)[Si](C)(O)OC. The molecule has 14 heavy (non-hydrogen) atoms. The van der Waals surface area contributed by atoms with Crippen LogP contribution < -0.4 is 0 Å². The van der Waals surface area contributed by atoms with Crippen molar-refractivity contribution in [3.63, 3.8) is 0 Å². The fraction of sp³-hybridized carbons (Fsp3) is 1.00. The lowest BCUT2D eigenvalue weighted by atomic mass is 10.3. The molecule has 3 nitrogen and oxygen atoms in total. The van der Waals surface area contributed by atoms with Crippen molar-refractivity contribution >= 4 is 20.6 Å². The van der Waals surface area contributed by atoms with Crippen LogP contribution in [0.1, 0.15) is 34.1 Å². The highest BCUT2D eigenvalue weighted by atomic mass is 32.2. The minimum absolute atomic E-state index is 0.391. The van der Waals surface area contributed by atoms with E-state index in [-0.39, 0.29) is 0 Å². The van der Waals surface area contributed by atoms with E-state index in [0.29, 0.717) is 5.25 Å². The van der Waals surface area contributed by atoms with E-state index >= 15 is 0 Å². The first-order chi connectivity index (χ1) is 6.29. The molecule has 5 heteroatoms. The fourth-order valence-corrected chi connectivity index (χ4v) is 3.26. The minimum Gasteiger partial charge on any atom is -0.409 e. The fourth-order valence-electron chi connectivity index (χ4n) is 0.883. The Hall–Kier alpha value is 0.447. The summed E-state index contributed by atoms with van der Waals surface area (Å²) in [6.45, 7) is 9.80. The summed E-state index contributed by atoms with van der Waals surface area (Å²) in [5, 5.41) is -0.154. The number of hydrogen-bond donors (Lipinski definition) is 1. The Balaban J connectivity index is 4.46. The van der Waals surface area contributed by atoms with Crippen molar-refractivity contribution in [1.82, 2.24) is 0 Å². The third kappa shape index (κ3) is 3.55. The predicted octanol–water partition coefficient (Wildman–Crippen LogP) is 2.48. The van der Waals surface area contributed by atoms with Crippen LogP contribution in [0.25, 0.3) is 0 Å². The van der Waals surface area contributed by atoms with Crippen molar-refractivity contribution in [2.75, 3.05) is 7.11 Å². The monoisotopic (exact) mass is 238 g/mol. The van der Waals surface area contributed by atoms with Crippen molar-refractivity contribution in [2.45, 2.75) is 51.1 Å². The van der Waals surface area contributed by atoms with E-state index in [2.05, 4.69) is 13.8 Å². The first-order valence-corrected chi connectivity index (χ1v) is 8.07. The summed E-state index contributed by atoms with van der Waals surface area (Å²) in [6.07, 6.45) is 0.750. The average Bonchev–Trinajstić information content (AvgIpc) is 2.13. The molecular formula is C9H22O3SSi. The van der Waals surface area contributed by atoms with Crippen LogP contribution in [-0.4, -0.2) is 30.9 Å². The molecule has 0 aromatic heterocycles. The molecule has 1 N–H and O–H groups in total. The Morgan fingerprint density at radius 3 is 2.29 bits per heavy atom. The summed E-state index contributed by atoms with van der Waals surface area (Å²) in [6, 6.07) is 0. The Morgan fingerprint density at radius 1 is 1.50 bits per heavy atom. The number of hydrogen-bond acceptors (Lipinski definition) is 4. The molecule has 0 saturated carbocycles. The number of rotatable bonds is 6. The molecule has 86 valence electrons. The summed E-state index contributed by atoms with van der Waals surface area (Å²) in [5.41, 5.74) is 0. The van der Waals surface area contributed by atoms with E-state index in [1.807, 2.05) is 13.8 Å². The van der Waals surface area contributed by atoms with Gasteiger partial charge in [-0.1, -0.05) is 20.8 Å². The Kier molecular flexibility index (Phi) is 5.68. The first kappa shape index (κ1) is 14.4. The van der Waals surface area contributed by atoms with Gasteiger partial charge in [0.05, 0.1) is 0 Å². The molecule has 0 aromatic carbocycles. The maximum atomic E-state index is 10.1. The average molecular weight is 238 g/mol. The van der Waals surface area contributed by atoms with E-state index in [1.54, 1.807) is 13.7 Å². The molecule has 0 spiro atoms. The van der Waals surface area contributed by atoms with Gasteiger partial charge in [0, 0.05) is 12.4 Å². The Labute approximate surface area is 92.6 Å².